The second kappa shape index (κ2) is 26.2. The van der Waals surface area contributed by atoms with Gasteiger partial charge in [-0.25, -0.2) is 48.5 Å². The van der Waals surface area contributed by atoms with Crippen molar-refractivity contribution in [3.05, 3.63) is 207 Å². The first-order valence-electron chi connectivity index (χ1n) is 23.8. The van der Waals surface area contributed by atoms with Crippen LogP contribution in [0.1, 0.15) is 30.5 Å². The molecule has 0 aliphatic heterocycles. The van der Waals surface area contributed by atoms with Crippen LogP contribution in [-0.2, 0) is 30.2 Å². The molecular formula is C54H46AlCl3F2I2N10O9. The molecule has 2 amide bonds. The van der Waals surface area contributed by atoms with E-state index in [9.17, 15) is 47.1 Å². The molecule has 418 valence electrons. The number of rotatable bonds is 11. The second-order valence-corrected chi connectivity index (χ2v) is 26.7. The van der Waals surface area contributed by atoms with E-state index in [0.717, 1.165) is 4.57 Å². The Morgan fingerprint density at radius 2 is 1.07 bits per heavy atom. The lowest BCUT2D eigenvalue weighted by atomic mass is 10.1. The number of hydrogen-bond donors (Lipinski definition) is 5. The van der Waals surface area contributed by atoms with Crippen molar-refractivity contribution in [3.8, 4) is 17.1 Å². The Morgan fingerprint density at radius 1 is 0.630 bits per heavy atom. The SMILES string of the molecule is CC(=O)Nc1cccc(-n2c(=O)[nH]c(=O)c3c(Nc4ccc(I)cc4F)n(C)c(=O)c(C)c32)c1.COc1ccc(Cn2c(=O)c3c(Nc4ccc(I)cc4F)n(C)c(=O)c(C)c3n(-c3cccc(NC(C)=O)c3)c2=O)cc1.[Cl][Al]([Cl])[Cl]. The zero-order valence-corrected chi connectivity index (χ0v) is 51.5. The van der Waals surface area contributed by atoms with Crippen molar-refractivity contribution in [2.24, 2.45) is 14.1 Å². The number of carbonyl (C=O) groups excluding carboxylic acids is 2. The standard InChI is InChI=1S/C31H27FIN5O5.C23H19FIN5O4.Al.3ClH/c1-17-27-26(28(36(3)29(17)40)35-25-13-10-20(33)14-24(25)32)30(41)37(16-19-8-11-23(43-4)12-9-19)31(42)38(27)22-7-5-6-21(15-22)34-18(2)39;1-11-19-18(20(29(3)22(11)33)27-17-8-7-13(25)9-16(17)24)21(32)28-23(34)30(19)15-6-4-5-14(10-15)26-12(2)31;;;;/h5-15,35H,16H2,1-4H3,(H,34,39);4-10,27H,1-3H3,(H,26,31)(H,28,32,34);;3*1H/q;;+3;;;/p-3. The molecule has 5 N–H and O–H groups in total. The fourth-order valence-electron chi connectivity index (χ4n) is 8.70. The van der Waals surface area contributed by atoms with E-state index in [1.165, 1.54) is 91.4 Å². The minimum atomic E-state index is -1.72. The van der Waals surface area contributed by atoms with E-state index in [0.29, 0.717) is 41.2 Å². The molecule has 81 heavy (non-hydrogen) atoms. The highest BCUT2D eigenvalue weighted by atomic mass is 127. The van der Waals surface area contributed by atoms with Crippen LogP contribution >= 0.6 is 75.3 Å². The Bertz CT molecular complexity index is 4360. The minimum absolute atomic E-state index is 0.00193. The van der Waals surface area contributed by atoms with Crippen LogP contribution in [0.4, 0.5) is 43.2 Å². The summed E-state index contributed by atoms with van der Waals surface area (Å²) in [6.45, 7) is 5.65. The van der Waals surface area contributed by atoms with Crippen molar-refractivity contribution in [1.82, 2.24) is 27.8 Å². The lowest BCUT2D eigenvalue weighted by Gasteiger charge is -2.21. The quantitative estimate of drug-likeness (QED) is 0.0604. The number of carbonyl (C=O) groups is 2. The number of aromatic amines is 1. The van der Waals surface area contributed by atoms with Crippen molar-refractivity contribution in [2.45, 2.75) is 34.2 Å². The zero-order chi connectivity index (χ0) is 59.3. The zero-order valence-electron chi connectivity index (χ0n) is 43.7. The molecule has 0 atom stereocenters. The molecule has 27 heteroatoms. The summed E-state index contributed by atoms with van der Waals surface area (Å²) in [7, 11) is 19.3. The Labute approximate surface area is 502 Å². The van der Waals surface area contributed by atoms with Crippen molar-refractivity contribution < 1.29 is 23.1 Å². The van der Waals surface area contributed by atoms with Crippen LogP contribution in [0.15, 0.2) is 138 Å². The third kappa shape index (κ3) is 13.8. The first-order chi connectivity index (χ1) is 38.3. The van der Waals surface area contributed by atoms with Crippen LogP contribution in [0, 0.1) is 32.6 Å². The Kier molecular flexibility index (Phi) is 19.9. The molecule has 0 saturated carbocycles. The van der Waals surface area contributed by atoms with E-state index in [1.54, 1.807) is 84.9 Å². The van der Waals surface area contributed by atoms with Gasteiger partial charge in [-0.15, -0.1) is 0 Å². The minimum Gasteiger partial charge on any atom is -0.497 e. The number of pyridine rings is 2. The lowest BCUT2D eigenvalue weighted by molar-refractivity contribution is -0.115. The van der Waals surface area contributed by atoms with Gasteiger partial charge in [-0.3, -0.25) is 56.6 Å². The first-order valence-corrected chi connectivity index (χ1v) is 31.2. The van der Waals surface area contributed by atoms with E-state index in [4.69, 9.17) is 34.9 Å². The summed E-state index contributed by atoms with van der Waals surface area (Å²) < 4.78 is 42.1. The first kappa shape index (κ1) is 61.6. The molecule has 4 heterocycles. The summed E-state index contributed by atoms with van der Waals surface area (Å²) in [5, 5.41) is 11.1. The number of methoxy groups -OCH3 is 1. The molecule has 0 aliphatic rings. The molecule has 0 unspecified atom stereocenters. The van der Waals surface area contributed by atoms with Crippen LogP contribution in [0.5, 0.6) is 5.75 Å². The highest BCUT2D eigenvalue weighted by Crippen LogP contribution is 2.30. The van der Waals surface area contributed by atoms with Crippen LogP contribution < -0.4 is 59.6 Å². The third-order valence-electron chi connectivity index (χ3n) is 12.3. The number of nitrogens with zero attached hydrogens (tertiary/aromatic N) is 5. The topological polar surface area (TPSA) is 234 Å². The summed E-state index contributed by atoms with van der Waals surface area (Å²) in [5.74, 6) is -1.10. The van der Waals surface area contributed by atoms with Gasteiger partial charge in [0.2, 0.25) is 11.8 Å². The van der Waals surface area contributed by atoms with E-state index in [2.05, 4.69) is 26.3 Å². The number of aryl methyl sites for hydroxylation is 2. The molecule has 0 fully saturated rings. The smallest absolute Gasteiger partial charge is 0.497 e. The maximum absolute atomic E-state index is 15.0. The number of benzene rings is 5. The summed E-state index contributed by atoms with van der Waals surface area (Å²) in [5.41, 5.74) is -1.16. The van der Waals surface area contributed by atoms with Gasteiger partial charge in [0.15, 0.2) is 0 Å². The molecule has 9 rings (SSSR count). The van der Waals surface area contributed by atoms with Crippen LogP contribution in [0.25, 0.3) is 33.2 Å². The van der Waals surface area contributed by atoms with Crippen molar-refractivity contribution >= 4 is 155 Å². The molecule has 19 nitrogen and oxygen atoms in total. The van der Waals surface area contributed by atoms with E-state index >= 15 is 0 Å². The monoisotopic (exact) mass is 1400 g/mol. The van der Waals surface area contributed by atoms with Crippen molar-refractivity contribution in [3.63, 3.8) is 0 Å². The maximum atomic E-state index is 15.0. The van der Waals surface area contributed by atoms with Crippen LogP contribution in [0.3, 0.4) is 0 Å². The van der Waals surface area contributed by atoms with Gasteiger partial charge >= 0.3 is 22.8 Å². The van der Waals surface area contributed by atoms with E-state index < -0.39 is 56.6 Å². The average molecular weight is 1400 g/mol. The number of aromatic nitrogens is 6. The Morgan fingerprint density at radius 3 is 1.52 bits per heavy atom. The number of hydrogen-bond acceptors (Lipinski definition) is 11. The molecule has 0 aliphatic carbocycles. The average Bonchev–Trinajstić information content (AvgIpc) is 3.59. The molecule has 4 aromatic heterocycles. The van der Waals surface area contributed by atoms with Gasteiger partial charge in [0.05, 0.1) is 47.4 Å². The number of ether oxygens (including phenoxy) is 1. The van der Waals surface area contributed by atoms with Crippen molar-refractivity contribution in [1.29, 1.82) is 0 Å². The van der Waals surface area contributed by atoms with Gasteiger partial charge in [0.25, 0.3) is 22.2 Å². The Hall–Kier alpha value is -7.06. The largest absolute Gasteiger partial charge is 0.643 e. The predicted octanol–water partition coefficient (Wildman–Crippen LogP) is 9.48. The number of halogens is 7. The number of nitrogens with one attached hydrogen (secondary N) is 5. The van der Waals surface area contributed by atoms with Gasteiger partial charge in [-0.05, 0) is 150 Å². The van der Waals surface area contributed by atoms with Gasteiger partial charge in [-0.2, -0.15) is 0 Å². The number of H-pyrrole nitrogens is 1. The maximum Gasteiger partial charge on any atom is 0.643 e. The van der Waals surface area contributed by atoms with Crippen molar-refractivity contribution in [2.75, 3.05) is 28.4 Å². The normalized spacial score (nSPS) is 10.8. The summed E-state index contributed by atoms with van der Waals surface area (Å²) in [6, 6.07) is 28.8. The molecule has 0 bridgehead atoms. The Balaban J connectivity index is 0.000000224. The van der Waals surface area contributed by atoms with Gasteiger partial charge in [-0.1, -0.05) is 24.3 Å². The highest BCUT2D eigenvalue weighted by molar-refractivity contribution is 14.1. The number of anilines is 6. The lowest BCUT2D eigenvalue weighted by Crippen LogP contribution is -2.41. The number of amides is 2. The molecule has 0 spiro atoms. The summed E-state index contributed by atoms with van der Waals surface area (Å²) >= 11 is 2.23. The second-order valence-electron chi connectivity index (χ2n) is 17.8. The predicted molar refractivity (Wildman–Crippen MR) is 333 cm³/mol. The fraction of sp³-hybridized carbons (Fsp3) is 0.148. The van der Waals surface area contributed by atoms with Crippen LogP contribution in [-0.4, -0.2) is 58.1 Å². The molecule has 0 radical (unpaired) electrons. The molecule has 9 aromatic rings. The van der Waals surface area contributed by atoms with E-state index in [-0.39, 0.29) is 74.3 Å². The molecule has 5 aromatic carbocycles. The number of fused-ring (bicyclic) bond motifs is 2. The van der Waals surface area contributed by atoms with Gasteiger partial charge < -0.3 is 26.0 Å². The highest BCUT2D eigenvalue weighted by Gasteiger charge is 2.25. The fourth-order valence-corrected chi connectivity index (χ4v) is 9.60. The van der Waals surface area contributed by atoms with Gasteiger partial charge in [0, 0.05) is 57.6 Å². The van der Waals surface area contributed by atoms with Gasteiger partial charge in [0.1, 0.15) is 39.8 Å². The van der Waals surface area contributed by atoms with Crippen LogP contribution in [0.2, 0.25) is 0 Å². The molecule has 0 saturated heterocycles. The summed E-state index contributed by atoms with van der Waals surface area (Å²) in [4.78, 5) is 107. The summed E-state index contributed by atoms with van der Waals surface area (Å²) in [6.07, 6.45) is 0. The van der Waals surface area contributed by atoms with E-state index in [1.807, 2.05) is 45.2 Å². The molecular weight excluding hydrogens is 1360 g/mol. The third-order valence-corrected chi connectivity index (χ3v) is 13.6.